The molecule has 0 saturated heterocycles. The van der Waals surface area contributed by atoms with Crippen LogP contribution in [0, 0.1) is 0 Å². The molecular weight excluding hydrogens is 520 g/mol. The minimum atomic E-state index is -3.50. The van der Waals surface area contributed by atoms with Crippen molar-refractivity contribution in [2.45, 2.75) is 38.0 Å². The Balaban J connectivity index is 1.52. The first-order valence-electron chi connectivity index (χ1n) is 11.5. The first-order valence-corrected chi connectivity index (χ1v) is 15.1. The van der Waals surface area contributed by atoms with E-state index in [1.165, 1.54) is 24.8 Å². The van der Waals surface area contributed by atoms with E-state index in [-0.39, 0.29) is 29.7 Å². The number of pyridine rings is 1. The van der Waals surface area contributed by atoms with Crippen LogP contribution in [0.2, 0.25) is 0 Å². The summed E-state index contributed by atoms with van der Waals surface area (Å²) in [6, 6.07) is 3.28. The molecule has 0 aromatic carbocycles. The lowest BCUT2D eigenvalue weighted by Crippen LogP contribution is -2.30. The van der Waals surface area contributed by atoms with Crippen molar-refractivity contribution in [1.29, 1.82) is 0 Å². The highest BCUT2D eigenvalue weighted by Gasteiger charge is 2.37. The number of carbonyl (C=O) groups is 1. The smallest absolute Gasteiger partial charge is 0.256 e. The first kappa shape index (κ1) is 26.5. The summed E-state index contributed by atoms with van der Waals surface area (Å²) in [4.78, 5) is 25.6. The highest BCUT2D eigenvalue weighted by atomic mass is 32.2. The minimum absolute atomic E-state index is 0.00641. The molecule has 3 aromatic rings. The van der Waals surface area contributed by atoms with Crippen LogP contribution in [-0.2, 0) is 19.9 Å². The molecule has 4 rings (SSSR count). The Morgan fingerprint density at radius 2 is 1.89 bits per heavy atom. The SMILES string of the molecule is CC(C)Nc1cc(Nc2ccnc(-c3cnn(S(=O)(=O)C4CC4)c3)n2)ncc1C(=O)NCCS(C)(=O)=O. The third-order valence-electron chi connectivity index (χ3n) is 5.29. The van der Waals surface area contributed by atoms with Gasteiger partial charge in [-0.05, 0) is 32.8 Å². The lowest BCUT2D eigenvalue weighted by atomic mass is 10.2. The van der Waals surface area contributed by atoms with Gasteiger partial charge in [-0.3, -0.25) is 4.79 Å². The van der Waals surface area contributed by atoms with Gasteiger partial charge in [-0.1, -0.05) is 0 Å². The largest absolute Gasteiger partial charge is 0.382 e. The maximum absolute atomic E-state index is 12.6. The molecule has 0 atom stereocenters. The van der Waals surface area contributed by atoms with E-state index < -0.39 is 31.0 Å². The second-order valence-corrected chi connectivity index (χ2v) is 13.4. The summed E-state index contributed by atoms with van der Waals surface area (Å²) in [5.74, 6) is 0.460. The van der Waals surface area contributed by atoms with Gasteiger partial charge in [0.15, 0.2) is 5.82 Å². The molecule has 3 N–H and O–H groups in total. The van der Waals surface area contributed by atoms with Crippen molar-refractivity contribution in [3.63, 3.8) is 0 Å². The molecular formula is C22H28N8O5S2. The molecule has 15 heteroatoms. The molecule has 1 amide bonds. The Hall–Kier alpha value is -3.59. The van der Waals surface area contributed by atoms with Crippen LogP contribution >= 0.6 is 0 Å². The zero-order valence-corrected chi connectivity index (χ0v) is 22.2. The Labute approximate surface area is 215 Å². The molecule has 0 unspecified atom stereocenters. The lowest BCUT2D eigenvalue weighted by molar-refractivity contribution is 0.0956. The number of hydrogen-bond donors (Lipinski definition) is 3. The normalized spacial score (nSPS) is 13.9. The second-order valence-electron chi connectivity index (χ2n) is 9.04. The van der Waals surface area contributed by atoms with Gasteiger partial charge in [0.25, 0.3) is 15.9 Å². The van der Waals surface area contributed by atoms with Crippen LogP contribution in [0.1, 0.15) is 37.0 Å². The van der Waals surface area contributed by atoms with Gasteiger partial charge in [-0.2, -0.15) is 9.19 Å². The second kappa shape index (κ2) is 10.4. The molecule has 13 nitrogen and oxygen atoms in total. The molecule has 1 aliphatic rings. The van der Waals surface area contributed by atoms with Gasteiger partial charge in [-0.25, -0.2) is 31.8 Å². The van der Waals surface area contributed by atoms with Gasteiger partial charge >= 0.3 is 0 Å². The van der Waals surface area contributed by atoms with Crippen molar-refractivity contribution in [2.24, 2.45) is 0 Å². The molecule has 0 aliphatic heterocycles. The fourth-order valence-electron chi connectivity index (χ4n) is 3.36. The zero-order chi connectivity index (χ0) is 26.8. The summed E-state index contributed by atoms with van der Waals surface area (Å²) in [5.41, 5.74) is 1.22. The van der Waals surface area contributed by atoms with Crippen molar-refractivity contribution < 1.29 is 21.6 Å². The number of sulfone groups is 1. The summed E-state index contributed by atoms with van der Waals surface area (Å²) in [5, 5.41) is 12.4. The van der Waals surface area contributed by atoms with Crippen molar-refractivity contribution >= 4 is 43.1 Å². The van der Waals surface area contributed by atoms with E-state index in [0.717, 1.165) is 10.3 Å². The van der Waals surface area contributed by atoms with Gasteiger partial charge in [0.1, 0.15) is 21.5 Å². The highest BCUT2D eigenvalue weighted by molar-refractivity contribution is 7.90. The minimum Gasteiger partial charge on any atom is -0.382 e. The number of anilines is 3. The molecule has 1 fully saturated rings. The quantitative estimate of drug-likeness (QED) is 0.315. The fourth-order valence-corrected chi connectivity index (χ4v) is 5.31. The molecule has 198 valence electrons. The van der Waals surface area contributed by atoms with Gasteiger partial charge in [0.05, 0.1) is 40.2 Å². The molecule has 0 radical (unpaired) electrons. The monoisotopic (exact) mass is 548 g/mol. The van der Waals surface area contributed by atoms with Crippen molar-refractivity contribution in [2.75, 3.05) is 29.2 Å². The van der Waals surface area contributed by atoms with E-state index in [2.05, 4.69) is 36.0 Å². The third kappa shape index (κ3) is 6.80. The van der Waals surface area contributed by atoms with E-state index in [4.69, 9.17) is 0 Å². The standard InChI is InChI=1S/C22H28N8O5S2/c1-14(2)27-18-10-20(25-12-17(18)22(31)24-8-9-36(3,32)33)28-19-6-7-23-21(29-19)15-11-26-30(13-15)37(34,35)16-4-5-16/h6-7,10-14,16H,4-5,8-9H2,1-3H3,(H,24,31)(H2,23,25,27,28,29). The molecule has 1 saturated carbocycles. The number of amides is 1. The number of nitrogens with zero attached hydrogens (tertiary/aromatic N) is 5. The summed E-state index contributed by atoms with van der Waals surface area (Å²) in [6.45, 7) is 3.82. The van der Waals surface area contributed by atoms with Gasteiger partial charge in [0, 0.05) is 37.3 Å². The Morgan fingerprint density at radius 1 is 1.14 bits per heavy atom. The van der Waals surface area contributed by atoms with Gasteiger partial charge in [0.2, 0.25) is 0 Å². The predicted octanol–water partition coefficient (Wildman–Crippen LogP) is 1.41. The van der Waals surface area contributed by atoms with Crippen molar-refractivity contribution in [3.05, 3.63) is 42.5 Å². The summed E-state index contributed by atoms with van der Waals surface area (Å²) < 4.78 is 48.5. The van der Waals surface area contributed by atoms with E-state index in [1.807, 2.05) is 13.8 Å². The predicted molar refractivity (Wildman–Crippen MR) is 139 cm³/mol. The van der Waals surface area contributed by atoms with E-state index >= 15 is 0 Å². The molecule has 37 heavy (non-hydrogen) atoms. The number of hydrogen-bond acceptors (Lipinski definition) is 11. The van der Waals surface area contributed by atoms with Crippen LogP contribution < -0.4 is 16.0 Å². The van der Waals surface area contributed by atoms with Crippen LogP contribution in [-0.4, -0.2) is 76.7 Å². The third-order valence-corrected chi connectivity index (χ3v) is 8.27. The molecule has 1 aliphatic carbocycles. The van der Waals surface area contributed by atoms with Crippen LogP contribution in [0.5, 0.6) is 0 Å². The summed E-state index contributed by atoms with van der Waals surface area (Å²) in [7, 11) is -6.70. The Bertz CT molecular complexity index is 1520. The molecule has 0 spiro atoms. The number of rotatable bonds is 11. The van der Waals surface area contributed by atoms with E-state index in [9.17, 15) is 21.6 Å². The number of nitrogens with one attached hydrogen (secondary N) is 3. The van der Waals surface area contributed by atoms with Crippen LogP contribution in [0.3, 0.4) is 0 Å². The number of aromatic nitrogens is 5. The van der Waals surface area contributed by atoms with E-state index in [0.29, 0.717) is 35.7 Å². The average molecular weight is 549 g/mol. The van der Waals surface area contributed by atoms with Crippen LogP contribution in [0.4, 0.5) is 17.3 Å². The molecule has 3 aromatic heterocycles. The summed E-state index contributed by atoms with van der Waals surface area (Å²) >= 11 is 0. The van der Waals surface area contributed by atoms with Gasteiger partial charge < -0.3 is 16.0 Å². The van der Waals surface area contributed by atoms with Crippen LogP contribution in [0.15, 0.2) is 36.9 Å². The van der Waals surface area contributed by atoms with Crippen molar-refractivity contribution in [3.8, 4) is 11.4 Å². The lowest BCUT2D eigenvalue weighted by Gasteiger charge is -2.16. The highest BCUT2D eigenvalue weighted by Crippen LogP contribution is 2.30. The number of carbonyl (C=O) groups excluding carboxylic acids is 1. The maximum Gasteiger partial charge on any atom is 0.256 e. The first-order chi connectivity index (χ1) is 17.4. The Kier molecular flexibility index (Phi) is 7.45. The van der Waals surface area contributed by atoms with E-state index in [1.54, 1.807) is 12.1 Å². The zero-order valence-electron chi connectivity index (χ0n) is 20.5. The Morgan fingerprint density at radius 3 is 2.57 bits per heavy atom. The van der Waals surface area contributed by atoms with Gasteiger partial charge in [-0.15, -0.1) is 0 Å². The fraction of sp³-hybridized carbons (Fsp3) is 0.409. The maximum atomic E-state index is 12.6. The van der Waals surface area contributed by atoms with Crippen LogP contribution in [0.25, 0.3) is 11.4 Å². The summed E-state index contributed by atoms with van der Waals surface area (Å²) in [6.07, 6.45) is 8.08. The average Bonchev–Trinajstić information content (AvgIpc) is 3.55. The molecule has 3 heterocycles. The topological polar surface area (TPSA) is 178 Å². The van der Waals surface area contributed by atoms with Crippen molar-refractivity contribution in [1.82, 2.24) is 29.5 Å². The molecule has 0 bridgehead atoms.